The van der Waals surface area contributed by atoms with Crippen molar-refractivity contribution in [1.29, 1.82) is 0 Å². The fourth-order valence-corrected chi connectivity index (χ4v) is 2.58. The van der Waals surface area contributed by atoms with Gasteiger partial charge in [0.05, 0.1) is 16.1 Å². The third-order valence-electron chi connectivity index (χ3n) is 3.13. The summed E-state index contributed by atoms with van der Waals surface area (Å²) >= 11 is 5.81. The van der Waals surface area contributed by atoms with Gasteiger partial charge in [-0.3, -0.25) is 4.79 Å². The van der Waals surface area contributed by atoms with Crippen LogP contribution in [0.5, 0.6) is 0 Å². The van der Waals surface area contributed by atoms with E-state index >= 15 is 0 Å². The number of amides is 1. The zero-order valence-electron chi connectivity index (χ0n) is 13.0. The van der Waals surface area contributed by atoms with Crippen LogP contribution in [0, 0.1) is 6.92 Å². The van der Waals surface area contributed by atoms with Crippen LogP contribution in [0.25, 0.3) is 0 Å². The van der Waals surface area contributed by atoms with Gasteiger partial charge in [0.2, 0.25) is 10.0 Å². The van der Waals surface area contributed by atoms with Crippen LogP contribution in [-0.2, 0) is 19.6 Å². The molecule has 0 fully saturated rings. The number of hydrogen-bond acceptors (Lipinski definition) is 6. The van der Waals surface area contributed by atoms with E-state index in [1.54, 1.807) is 13.0 Å². The van der Waals surface area contributed by atoms with Gasteiger partial charge in [-0.05, 0) is 36.8 Å². The quantitative estimate of drug-likeness (QED) is 0.594. The number of carbonyl (C=O) groups excluding carboxylic acids is 2. The van der Waals surface area contributed by atoms with Crippen LogP contribution in [0.3, 0.4) is 0 Å². The maximum absolute atomic E-state index is 12.1. The smallest absolute Gasteiger partial charge is 0.338 e. The molecule has 0 atom stereocenters. The minimum atomic E-state index is -3.96. The molecule has 0 aliphatic carbocycles. The zero-order chi connectivity index (χ0) is 18.6. The van der Waals surface area contributed by atoms with Crippen LogP contribution in [0.1, 0.15) is 15.9 Å². The van der Waals surface area contributed by atoms with E-state index in [4.69, 9.17) is 21.5 Å². The highest BCUT2D eigenvalue weighted by Crippen LogP contribution is 2.18. The highest BCUT2D eigenvalue weighted by atomic mass is 35.5. The number of nitrogens with zero attached hydrogens (tertiary/aromatic N) is 1. The van der Waals surface area contributed by atoms with E-state index in [0.29, 0.717) is 5.56 Å². The summed E-state index contributed by atoms with van der Waals surface area (Å²) in [6.45, 7) is 1.02. The lowest BCUT2D eigenvalue weighted by molar-refractivity contribution is -0.119. The normalized spacial score (nSPS) is 11.0. The molecule has 0 saturated heterocycles. The summed E-state index contributed by atoms with van der Waals surface area (Å²) in [5, 5.41) is 7.57. The number of nitrogens with two attached hydrogens (primary N) is 1. The highest BCUT2D eigenvalue weighted by Gasteiger charge is 2.17. The van der Waals surface area contributed by atoms with Crippen LogP contribution in [-0.4, -0.2) is 31.9 Å². The molecule has 1 amide bonds. The lowest BCUT2D eigenvalue weighted by atomic mass is 10.1. The monoisotopic (exact) mass is 383 g/mol. The fraction of sp³-hybridized carbons (Fsp3) is 0.133. The minimum Gasteiger partial charge on any atom is -0.452 e. The van der Waals surface area contributed by atoms with Gasteiger partial charge in [-0.1, -0.05) is 17.7 Å². The Morgan fingerprint density at radius 3 is 2.68 bits per heavy atom. The molecular weight excluding hydrogens is 370 g/mol. The number of nitrogens with one attached hydrogen (secondary N) is 1. The van der Waals surface area contributed by atoms with Crippen molar-refractivity contribution in [3.05, 3.63) is 52.8 Å². The molecule has 10 heteroatoms. The molecule has 1 aromatic heterocycles. The van der Waals surface area contributed by atoms with Gasteiger partial charge in [0, 0.05) is 6.20 Å². The molecule has 8 nitrogen and oxygen atoms in total. The second kappa shape index (κ2) is 7.60. The Morgan fingerprint density at radius 1 is 1.32 bits per heavy atom. The summed E-state index contributed by atoms with van der Waals surface area (Å²) in [6.07, 6.45) is 1.46. The topological polar surface area (TPSA) is 128 Å². The Labute approximate surface area is 149 Å². The lowest BCUT2D eigenvalue weighted by Crippen LogP contribution is -2.22. The van der Waals surface area contributed by atoms with Crippen molar-refractivity contribution in [2.24, 2.45) is 5.14 Å². The second-order valence-electron chi connectivity index (χ2n) is 4.99. The van der Waals surface area contributed by atoms with Crippen LogP contribution in [0.2, 0.25) is 5.15 Å². The summed E-state index contributed by atoms with van der Waals surface area (Å²) in [6, 6.07) is 6.91. The molecule has 25 heavy (non-hydrogen) atoms. The van der Waals surface area contributed by atoms with Gasteiger partial charge < -0.3 is 10.1 Å². The van der Waals surface area contributed by atoms with Gasteiger partial charge in [0.25, 0.3) is 5.91 Å². The fourth-order valence-electron chi connectivity index (χ4n) is 1.87. The van der Waals surface area contributed by atoms with Crippen molar-refractivity contribution in [2.45, 2.75) is 11.8 Å². The predicted molar refractivity (Wildman–Crippen MR) is 90.7 cm³/mol. The van der Waals surface area contributed by atoms with Gasteiger partial charge in [-0.15, -0.1) is 0 Å². The number of carbonyl (C=O) groups is 2. The maximum atomic E-state index is 12.1. The third-order valence-corrected chi connectivity index (χ3v) is 4.34. The van der Waals surface area contributed by atoms with Gasteiger partial charge in [-0.25, -0.2) is 23.3 Å². The Hall–Kier alpha value is -2.49. The Morgan fingerprint density at radius 2 is 2.04 bits per heavy atom. The van der Waals surface area contributed by atoms with Crippen molar-refractivity contribution in [3.8, 4) is 0 Å². The van der Waals surface area contributed by atoms with Crippen LogP contribution >= 0.6 is 11.6 Å². The SMILES string of the molecule is Cc1ccc(S(N)(=O)=O)cc1C(=O)OCC(=O)Nc1cccnc1Cl. The molecule has 3 N–H and O–H groups in total. The van der Waals surface area contributed by atoms with Crippen molar-refractivity contribution >= 4 is 39.2 Å². The molecule has 2 rings (SSSR count). The van der Waals surface area contributed by atoms with E-state index in [-0.39, 0.29) is 21.3 Å². The summed E-state index contributed by atoms with van der Waals surface area (Å²) in [4.78, 5) is 27.5. The number of rotatable bonds is 5. The number of hydrogen-bond donors (Lipinski definition) is 2. The number of pyridine rings is 1. The molecule has 0 radical (unpaired) electrons. The molecule has 0 spiro atoms. The van der Waals surface area contributed by atoms with Crippen molar-refractivity contribution in [3.63, 3.8) is 0 Å². The van der Waals surface area contributed by atoms with E-state index in [9.17, 15) is 18.0 Å². The molecule has 0 bridgehead atoms. The van der Waals surface area contributed by atoms with E-state index in [1.165, 1.54) is 24.4 Å². The first-order chi connectivity index (χ1) is 11.7. The van der Waals surface area contributed by atoms with E-state index < -0.39 is 28.5 Å². The molecular formula is C15H14ClN3O5S. The van der Waals surface area contributed by atoms with Crippen molar-refractivity contribution < 1.29 is 22.7 Å². The largest absolute Gasteiger partial charge is 0.452 e. The summed E-state index contributed by atoms with van der Waals surface area (Å²) in [7, 11) is -3.96. The van der Waals surface area contributed by atoms with E-state index in [0.717, 1.165) is 6.07 Å². The second-order valence-corrected chi connectivity index (χ2v) is 6.91. The van der Waals surface area contributed by atoms with Crippen LogP contribution < -0.4 is 10.5 Å². The molecule has 1 aromatic carbocycles. The number of aryl methyl sites for hydroxylation is 1. The first-order valence-electron chi connectivity index (χ1n) is 6.89. The molecule has 2 aromatic rings. The van der Waals surface area contributed by atoms with Crippen molar-refractivity contribution in [2.75, 3.05) is 11.9 Å². The van der Waals surface area contributed by atoms with Gasteiger partial charge in [0.1, 0.15) is 0 Å². The summed E-state index contributed by atoms with van der Waals surface area (Å²) in [5.74, 6) is -1.47. The van der Waals surface area contributed by atoms with Gasteiger partial charge in [-0.2, -0.15) is 0 Å². The number of aromatic nitrogens is 1. The molecule has 0 saturated carbocycles. The zero-order valence-corrected chi connectivity index (χ0v) is 14.6. The standard InChI is InChI=1S/C15H14ClN3O5S/c1-9-4-5-10(25(17,22)23)7-11(9)15(21)24-8-13(20)19-12-3-2-6-18-14(12)16/h2-7H,8H2,1H3,(H,19,20)(H2,17,22,23). The third kappa shape index (κ3) is 4.99. The molecule has 132 valence electrons. The number of ether oxygens (including phenoxy) is 1. The van der Waals surface area contributed by atoms with Crippen LogP contribution in [0.15, 0.2) is 41.4 Å². The number of anilines is 1. The number of sulfonamides is 1. The Balaban J connectivity index is 2.05. The van der Waals surface area contributed by atoms with Crippen LogP contribution in [0.4, 0.5) is 5.69 Å². The number of halogens is 1. The Kier molecular flexibility index (Phi) is 5.73. The number of esters is 1. The molecule has 0 aliphatic heterocycles. The number of primary sulfonamides is 1. The van der Waals surface area contributed by atoms with Crippen molar-refractivity contribution in [1.82, 2.24) is 4.98 Å². The highest BCUT2D eigenvalue weighted by molar-refractivity contribution is 7.89. The minimum absolute atomic E-state index is 0.00117. The predicted octanol–water partition coefficient (Wildman–Crippen LogP) is 1.49. The summed E-state index contributed by atoms with van der Waals surface area (Å²) < 4.78 is 27.6. The average Bonchev–Trinajstić information content (AvgIpc) is 2.54. The molecule has 0 aliphatic rings. The molecule has 1 heterocycles. The maximum Gasteiger partial charge on any atom is 0.338 e. The first kappa shape index (κ1) is 18.8. The van der Waals surface area contributed by atoms with Gasteiger partial charge in [0.15, 0.2) is 11.8 Å². The lowest BCUT2D eigenvalue weighted by Gasteiger charge is -2.09. The first-order valence-corrected chi connectivity index (χ1v) is 8.82. The summed E-state index contributed by atoms with van der Waals surface area (Å²) in [5.41, 5.74) is 0.754. The van der Waals surface area contributed by atoms with Gasteiger partial charge >= 0.3 is 5.97 Å². The van der Waals surface area contributed by atoms with E-state index in [2.05, 4.69) is 10.3 Å². The Bertz CT molecular complexity index is 931. The van der Waals surface area contributed by atoms with E-state index in [1.807, 2.05) is 0 Å². The average molecular weight is 384 g/mol. The molecule has 0 unspecified atom stereocenters. The number of benzene rings is 1.